The van der Waals surface area contributed by atoms with Crippen LogP contribution in [0, 0.1) is 0 Å². The first-order valence-corrected chi connectivity index (χ1v) is 9.99. The fraction of sp³-hybridized carbons (Fsp3) is 0.348. The van der Waals surface area contributed by atoms with E-state index in [1.54, 1.807) is 18.3 Å². The first kappa shape index (κ1) is 19.3. The number of anilines is 1. The Hall–Kier alpha value is -2.99. The topological polar surface area (TPSA) is 49.2 Å². The fourth-order valence-corrected chi connectivity index (χ4v) is 3.79. The lowest BCUT2D eigenvalue weighted by Crippen LogP contribution is -2.48. The number of para-hydroxylation sites is 1. The zero-order valence-electron chi connectivity index (χ0n) is 17.0. The average Bonchev–Trinajstić information content (AvgIpc) is 3.26. The van der Waals surface area contributed by atoms with Crippen LogP contribution in [-0.2, 0) is 0 Å². The molecule has 0 atom stereocenters. The Morgan fingerprint density at radius 3 is 2.55 bits per heavy atom. The summed E-state index contributed by atoms with van der Waals surface area (Å²) in [6, 6.07) is 15.6. The lowest BCUT2D eigenvalue weighted by Gasteiger charge is -2.36. The van der Waals surface area contributed by atoms with Crippen molar-refractivity contribution >= 4 is 22.6 Å². The number of amides is 1. The van der Waals surface area contributed by atoms with Gasteiger partial charge in [0.25, 0.3) is 5.91 Å². The van der Waals surface area contributed by atoms with Gasteiger partial charge in [0.05, 0.1) is 19.1 Å². The van der Waals surface area contributed by atoms with E-state index in [0.717, 1.165) is 49.4 Å². The number of carbonyl (C=O) groups is 1. The molecular weight excluding hydrogens is 366 g/mol. The zero-order valence-corrected chi connectivity index (χ0v) is 17.0. The lowest BCUT2D eigenvalue weighted by atomic mass is 10.2. The number of hydrogen-bond acceptors (Lipinski definition) is 5. The molecule has 1 aliphatic heterocycles. The van der Waals surface area contributed by atoms with Crippen LogP contribution in [0.3, 0.4) is 0 Å². The number of methoxy groups -OCH3 is 1. The van der Waals surface area contributed by atoms with Crippen molar-refractivity contribution in [1.29, 1.82) is 0 Å². The number of carbonyl (C=O) groups excluding carboxylic acids is 1. The summed E-state index contributed by atoms with van der Waals surface area (Å²) >= 11 is 0. The van der Waals surface area contributed by atoms with Crippen LogP contribution in [0.25, 0.3) is 11.0 Å². The van der Waals surface area contributed by atoms with E-state index in [9.17, 15) is 4.79 Å². The van der Waals surface area contributed by atoms with Crippen LogP contribution in [0.15, 0.2) is 59.2 Å². The van der Waals surface area contributed by atoms with E-state index in [0.29, 0.717) is 12.1 Å². The molecule has 0 unspecified atom stereocenters. The number of likely N-dealkylation sites (N-methyl/N-ethyl adjacent to an activating group) is 1. The van der Waals surface area contributed by atoms with E-state index in [4.69, 9.17) is 9.15 Å². The van der Waals surface area contributed by atoms with E-state index >= 15 is 0 Å². The first-order chi connectivity index (χ1) is 14.2. The molecule has 6 heteroatoms. The Morgan fingerprint density at radius 2 is 1.83 bits per heavy atom. The van der Waals surface area contributed by atoms with Crippen LogP contribution in [0.4, 0.5) is 5.69 Å². The minimum absolute atomic E-state index is 0.0378. The van der Waals surface area contributed by atoms with Gasteiger partial charge in [0.2, 0.25) is 0 Å². The second-order valence-electron chi connectivity index (χ2n) is 7.40. The standard InChI is InChI=1S/C23H27N3O3/c1-24(23(27)19-6-8-20(28-2)9-7-19)11-12-25-13-15-26(16-14-25)21-5-3-4-18-10-17-29-22(18)21/h3-10,17H,11-16H2,1-2H3. The summed E-state index contributed by atoms with van der Waals surface area (Å²) < 4.78 is 10.8. The second kappa shape index (κ2) is 8.57. The van der Waals surface area contributed by atoms with Crippen LogP contribution in [0.2, 0.25) is 0 Å². The second-order valence-corrected chi connectivity index (χ2v) is 7.40. The molecule has 1 saturated heterocycles. The van der Waals surface area contributed by atoms with E-state index in [-0.39, 0.29) is 5.91 Å². The van der Waals surface area contributed by atoms with Gasteiger partial charge in [-0.15, -0.1) is 0 Å². The Labute approximate surface area is 171 Å². The first-order valence-electron chi connectivity index (χ1n) is 9.99. The molecule has 0 N–H and O–H groups in total. The molecule has 1 aromatic heterocycles. The van der Waals surface area contributed by atoms with Crippen molar-refractivity contribution in [1.82, 2.24) is 9.80 Å². The number of rotatable bonds is 6. The molecule has 0 aliphatic carbocycles. The van der Waals surface area contributed by atoms with Crippen molar-refractivity contribution in [3.05, 3.63) is 60.4 Å². The summed E-state index contributed by atoms with van der Waals surface area (Å²) in [6.07, 6.45) is 1.75. The van der Waals surface area contributed by atoms with Gasteiger partial charge >= 0.3 is 0 Å². The van der Waals surface area contributed by atoms with Gasteiger partial charge in [0, 0.05) is 57.3 Å². The highest BCUT2D eigenvalue weighted by molar-refractivity contribution is 5.94. The molecule has 1 fully saturated rings. The predicted molar refractivity (Wildman–Crippen MR) is 115 cm³/mol. The highest BCUT2D eigenvalue weighted by atomic mass is 16.5. The molecule has 152 valence electrons. The summed E-state index contributed by atoms with van der Waals surface area (Å²) in [7, 11) is 3.48. The molecule has 3 aromatic rings. The maximum Gasteiger partial charge on any atom is 0.253 e. The number of hydrogen-bond donors (Lipinski definition) is 0. The number of furan rings is 1. The Morgan fingerprint density at radius 1 is 1.07 bits per heavy atom. The molecule has 4 rings (SSSR count). The fourth-order valence-electron chi connectivity index (χ4n) is 3.79. The summed E-state index contributed by atoms with van der Waals surface area (Å²) in [4.78, 5) is 19.2. The smallest absolute Gasteiger partial charge is 0.253 e. The average molecular weight is 393 g/mol. The summed E-state index contributed by atoms with van der Waals surface area (Å²) in [5.74, 6) is 0.795. The normalized spacial score (nSPS) is 14.9. The number of fused-ring (bicyclic) bond motifs is 1. The van der Waals surface area contributed by atoms with Crippen molar-refractivity contribution in [2.24, 2.45) is 0 Å². The third kappa shape index (κ3) is 4.22. The number of piperazine rings is 1. The Balaban J connectivity index is 1.28. The number of nitrogens with zero attached hydrogens (tertiary/aromatic N) is 3. The van der Waals surface area contributed by atoms with Crippen LogP contribution in [0.1, 0.15) is 10.4 Å². The Kier molecular flexibility index (Phi) is 5.71. The van der Waals surface area contributed by atoms with Gasteiger partial charge in [-0.05, 0) is 36.4 Å². The van der Waals surface area contributed by atoms with Crippen LogP contribution in [0.5, 0.6) is 5.75 Å². The molecule has 0 spiro atoms. The van der Waals surface area contributed by atoms with Crippen molar-refractivity contribution < 1.29 is 13.9 Å². The van der Waals surface area contributed by atoms with Gasteiger partial charge in [-0.1, -0.05) is 12.1 Å². The molecule has 2 aromatic carbocycles. The molecule has 29 heavy (non-hydrogen) atoms. The van der Waals surface area contributed by atoms with E-state index < -0.39 is 0 Å². The molecule has 0 radical (unpaired) electrons. The molecule has 0 bridgehead atoms. The van der Waals surface area contributed by atoms with E-state index in [2.05, 4.69) is 28.0 Å². The van der Waals surface area contributed by atoms with E-state index in [1.807, 2.05) is 37.4 Å². The summed E-state index contributed by atoms with van der Waals surface area (Å²) in [5.41, 5.74) is 2.81. The Bertz CT molecular complexity index is 959. The molecule has 0 saturated carbocycles. The lowest BCUT2D eigenvalue weighted by molar-refractivity contribution is 0.0776. The van der Waals surface area contributed by atoms with Gasteiger partial charge in [0.1, 0.15) is 5.75 Å². The minimum atomic E-state index is 0.0378. The summed E-state index contributed by atoms with van der Waals surface area (Å²) in [6.45, 7) is 5.44. The molecule has 2 heterocycles. The minimum Gasteiger partial charge on any atom is -0.497 e. The SMILES string of the molecule is COc1ccc(C(=O)N(C)CCN2CCN(c3cccc4ccoc34)CC2)cc1. The quantitative estimate of drug-likeness (QED) is 0.643. The van der Waals surface area contributed by atoms with Crippen LogP contribution in [-0.4, -0.2) is 69.1 Å². The van der Waals surface area contributed by atoms with Crippen molar-refractivity contribution in [3.63, 3.8) is 0 Å². The van der Waals surface area contributed by atoms with Crippen molar-refractivity contribution in [2.45, 2.75) is 0 Å². The largest absolute Gasteiger partial charge is 0.497 e. The van der Waals surface area contributed by atoms with Crippen LogP contribution < -0.4 is 9.64 Å². The van der Waals surface area contributed by atoms with Gasteiger partial charge < -0.3 is 19.0 Å². The zero-order chi connectivity index (χ0) is 20.2. The maximum absolute atomic E-state index is 12.6. The maximum atomic E-state index is 12.6. The number of benzene rings is 2. The monoisotopic (exact) mass is 393 g/mol. The van der Waals surface area contributed by atoms with Gasteiger partial charge in [-0.25, -0.2) is 0 Å². The third-order valence-corrected chi connectivity index (χ3v) is 5.61. The number of ether oxygens (including phenoxy) is 1. The van der Waals surface area contributed by atoms with Crippen molar-refractivity contribution in [2.75, 3.05) is 58.3 Å². The molecule has 1 aliphatic rings. The van der Waals surface area contributed by atoms with Crippen LogP contribution >= 0.6 is 0 Å². The van der Waals surface area contributed by atoms with Gasteiger partial charge in [-0.2, -0.15) is 0 Å². The highest BCUT2D eigenvalue weighted by Crippen LogP contribution is 2.28. The van der Waals surface area contributed by atoms with E-state index in [1.165, 1.54) is 5.69 Å². The van der Waals surface area contributed by atoms with Gasteiger partial charge in [-0.3, -0.25) is 9.69 Å². The third-order valence-electron chi connectivity index (χ3n) is 5.61. The molecular formula is C23H27N3O3. The van der Waals surface area contributed by atoms with Crippen molar-refractivity contribution in [3.8, 4) is 5.75 Å². The molecule has 6 nitrogen and oxygen atoms in total. The van der Waals surface area contributed by atoms with Gasteiger partial charge in [0.15, 0.2) is 5.58 Å². The predicted octanol–water partition coefficient (Wildman–Crippen LogP) is 3.34. The summed E-state index contributed by atoms with van der Waals surface area (Å²) in [5, 5.41) is 1.14. The highest BCUT2D eigenvalue weighted by Gasteiger charge is 2.20. The molecule has 1 amide bonds.